The molecule has 1 N–H and O–H groups in total. The number of nitrogens with zero attached hydrogens (tertiary/aromatic N) is 3. The predicted molar refractivity (Wildman–Crippen MR) is 88.8 cm³/mol. The predicted octanol–water partition coefficient (Wildman–Crippen LogP) is 3.23. The van der Waals surface area contributed by atoms with E-state index in [2.05, 4.69) is 10.4 Å². The van der Waals surface area contributed by atoms with Gasteiger partial charge in [-0.05, 0) is 23.8 Å². The van der Waals surface area contributed by atoms with E-state index >= 15 is 0 Å². The zero-order valence-electron chi connectivity index (χ0n) is 12.9. The average Bonchev–Trinajstić information content (AvgIpc) is 3.03. The van der Waals surface area contributed by atoms with Gasteiger partial charge in [-0.2, -0.15) is 5.10 Å². The van der Waals surface area contributed by atoms with E-state index in [1.165, 1.54) is 36.5 Å². The second-order valence-electron chi connectivity index (χ2n) is 5.28. The fourth-order valence-corrected chi connectivity index (χ4v) is 2.31. The van der Waals surface area contributed by atoms with Crippen LogP contribution in [0.4, 0.5) is 15.8 Å². The highest BCUT2D eigenvalue weighted by Gasteiger charge is 2.19. The van der Waals surface area contributed by atoms with E-state index in [0.29, 0.717) is 12.2 Å². The van der Waals surface area contributed by atoms with Crippen LogP contribution < -0.4 is 5.32 Å². The summed E-state index contributed by atoms with van der Waals surface area (Å²) in [5.41, 5.74) is 0.962. The van der Waals surface area contributed by atoms with E-state index in [9.17, 15) is 19.3 Å². The molecule has 0 spiro atoms. The maximum Gasteiger partial charge on any atom is 0.282 e. The van der Waals surface area contributed by atoms with Gasteiger partial charge in [-0.1, -0.05) is 24.3 Å². The van der Waals surface area contributed by atoms with E-state index in [0.717, 1.165) is 5.56 Å². The molecule has 3 aromatic rings. The Kier molecular flexibility index (Phi) is 4.51. The van der Waals surface area contributed by atoms with E-state index < -0.39 is 10.8 Å². The summed E-state index contributed by atoms with van der Waals surface area (Å²) >= 11 is 0. The number of para-hydroxylation sites is 1. The molecule has 0 radical (unpaired) electrons. The lowest BCUT2D eigenvalue weighted by molar-refractivity contribution is -0.385. The molecule has 8 heteroatoms. The van der Waals surface area contributed by atoms with Gasteiger partial charge in [-0.15, -0.1) is 0 Å². The highest BCUT2D eigenvalue weighted by molar-refractivity contribution is 6.06. The van der Waals surface area contributed by atoms with Crippen molar-refractivity contribution in [2.45, 2.75) is 6.54 Å². The lowest BCUT2D eigenvalue weighted by Gasteiger charge is -2.03. The van der Waals surface area contributed by atoms with Crippen molar-refractivity contribution in [3.8, 4) is 0 Å². The molecule has 0 aliphatic carbocycles. The van der Waals surface area contributed by atoms with E-state index in [1.807, 2.05) is 0 Å². The van der Waals surface area contributed by atoms with E-state index in [4.69, 9.17) is 0 Å². The van der Waals surface area contributed by atoms with Gasteiger partial charge in [0.1, 0.15) is 11.4 Å². The smallest absolute Gasteiger partial charge is 0.282 e. The van der Waals surface area contributed by atoms with Crippen LogP contribution in [-0.4, -0.2) is 20.6 Å². The summed E-state index contributed by atoms with van der Waals surface area (Å²) in [5, 5.41) is 17.7. The molecule has 126 valence electrons. The number of carbonyl (C=O) groups excluding carboxylic acids is 1. The van der Waals surface area contributed by atoms with Crippen molar-refractivity contribution in [3.05, 3.63) is 88.0 Å². The summed E-state index contributed by atoms with van der Waals surface area (Å²) in [7, 11) is 0. The number of aromatic nitrogens is 2. The third-order valence-corrected chi connectivity index (χ3v) is 3.49. The number of rotatable bonds is 5. The maximum absolute atomic E-state index is 12.9. The van der Waals surface area contributed by atoms with Gasteiger partial charge in [0.2, 0.25) is 0 Å². The van der Waals surface area contributed by atoms with Crippen LogP contribution >= 0.6 is 0 Å². The molecule has 1 aromatic heterocycles. The quantitative estimate of drug-likeness (QED) is 0.570. The van der Waals surface area contributed by atoms with Crippen molar-refractivity contribution in [3.63, 3.8) is 0 Å². The molecule has 2 aromatic carbocycles. The molecule has 7 nitrogen and oxygen atoms in total. The van der Waals surface area contributed by atoms with Gasteiger partial charge < -0.3 is 5.32 Å². The van der Waals surface area contributed by atoms with Crippen molar-refractivity contribution in [2.24, 2.45) is 0 Å². The molecular formula is C17H13FN4O3. The van der Waals surface area contributed by atoms with E-state index in [1.54, 1.807) is 29.1 Å². The molecule has 3 rings (SSSR count). The minimum atomic E-state index is -0.604. The number of halogens is 1. The zero-order valence-corrected chi connectivity index (χ0v) is 12.9. The lowest BCUT2D eigenvalue weighted by Crippen LogP contribution is -2.13. The number of amides is 1. The number of hydrogen-bond donors (Lipinski definition) is 1. The Bertz CT molecular complexity index is 922. The number of hydrogen-bond acceptors (Lipinski definition) is 4. The van der Waals surface area contributed by atoms with Crippen molar-refractivity contribution in [2.75, 3.05) is 5.32 Å². The van der Waals surface area contributed by atoms with Crippen molar-refractivity contribution in [1.82, 2.24) is 9.78 Å². The molecule has 0 bridgehead atoms. The number of benzene rings is 2. The summed E-state index contributed by atoms with van der Waals surface area (Å²) in [6.45, 7) is 0.404. The Morgan fingerprint density at radius 3 is 2.64 bits per heavy atom. The second kappa shape index (κ2) is 6.91. The molecule has 1 heterocycles. The molecular weight excluding hydrogens is 327 g/mol. The zero-order chi connectivity index (χ0) is 17.8. The Morgan fingerprint density at radius 1 is 1.20 bits per heavy atom. The molecule has 1 amide bonds. The number of nitrogens with one attached hydrogen (secondary N) is 1. The van der Waals surface area contributed by atoms with Crippen LogP contribution in [0.5, 0.6) is 0 Å². The highest BCUT2D eigenvalue weighted by atomic mass is 19.1. The van der Waals surface area contributed by atoms with Crippen molar-refractivity contribution in [1.29, 1.82) is 0 Å². The van der Waals surface area contributed by atoms with Gasteiger partial charge in [0.15, 0.2) is 0 Å². The number of anilines is 1. The molecule has 0 saturated heterocycles. The van der Waals surface area contributed by atoms with Gasteiger partial charge in [0.05, 0.1) is 23.4 Å². The van der Waals surface area contributed by atoms with Gasteiger partial charge in [-0.3, -0.25) is 19.6 Å². The van der Waals surface area contributed by atoms with Gasteiger partial charge in [-0.25, -0.2) is 4.39 Å². The monoisotopic (exact) mass is 340 g/mol. The maximum atomic E-state index is 12.9. The summed E-state index contributed by atoms with van der Waals surface area (Å²) in [5.74, 6) is -0.907. The normalized spacial score (nSPS) is 10.4. The first kappa shape index (κ1) is 16.3. The fourth-order valence-electron chi connectivity index (χ4n) is 2.31. The van der Waals surface area contributed by atoms with Crippen LogP contribution in [0, 0.1) is 15.9 Å². The SMILES string of the molecule is O=C(Nc1cnn(Cc2ccc(F)cc2)c1)c1ccccc1[N+](=O)[O-]. The summed E-state index contributed by atoms with van der Waals surface area (Å²) in [6.07, 6.45) is 3.03. The Balaban J connectivity index is 1.72. The molecule has 0 unspecified atom stereocenters. The number of nitro groups is 1. The van der Waals surface area contributed by atoms with Crippen LogP contribution in [0.3, 0.4) is 0 Å². The van der Waals surface area contributed by atoms with Gasteiger partial charge in [0.25, 0.3) is 11.6 Å². The Labute approximate surface area is 141 Å². The first-order chi connectivity index (χ1) is 12.0. The average molecular weight is 340 g/mol. The highest BCUT2D eigenvalue weighted by Crippen LogP contribution is 2.19. The first-order valence-corrected chi connectivity index (χ1v) is 7.34. The minimum Gasteiger partial charge on any atom is -0.319 e. The second-order valence-corrected chi connectivity index (χ2v) is 5.28. The summed E-state index contributed by atoms with van der Waals surface area (Å²) in [4.78, 5) is 22.6. The fraction of sp³-hybridized carbons (Fsp3) is 0.0588. The molecule has 0 saturated carbocycles. The topological polar surface area (TPSA) is 90.1 Å². The van der Waals surface area contributed by atoms with Gasteiger partial charge in [0, 0.05) is 12.3 Å². The third kappa shape index (κ3) is 3.86. The molecule has 0 aliphatic rings. The van der Waals surface area contributed by atoms with Crippen LogP contribution in [0.15, 0.2) is 60.9 Å². The molecule has 25 heavy (non-hydrogen) atoms. The third-order valence-electron chi connectivity index (χ3n) is 3.49. The van der Waals surface area contributed by atoms with Crippen LogP contribution in [0.2, 0.25) is 0 Å². The summed E-state index contributed by atoms with van der Waals surface area (Å²) in [6, 6.07) is 11.7. The first-order valence-electron chi connectivity index (χ1n) is 7.34. The summed E-state index contributed by atoms with van der Waals surface area (Å²) < 4.78 is 14.5. The minimum absolute atomic E-state index is 0.0289. The van der Waals surface area contributed by atoms with Crippen LogP contribution in [0.25, 0.3) is 0 Å². The Morgan fingerprint density at radius 2 is 1.92 bits per heavy atom. The lowest BCUT2D eigenvalue weighted by atomic mass is 10.1. The van der Waals surface area contributed by atoms with Crippen molar-refractivity contribution >= 4 is 17.3 Å². The van der Waals surface area contributed by atoms with Crippen LogP contribution in [-0.2, 0) is 6.54 Å². The molecule has 0 fully saturated rings. The Hall–Kier alpha value is -3.55. The molecule has 0 aliphatic heterocycles. The van der Waals surface area contributed by atoms with E-state index in [-0.39, 0.29) is 17.1 Å². The molecule has 0 atom stereocenters. The van der Waals surface area contributed by atoms with Gasteiger partial charge >= 0.3 is 0 Å². The van der Waals surface area contributed by atoms with Crippen molar-refractivity contribution < 1.29 is 14.1 Å². The number of carbonyl (C=O) groups is 1. The standard InChI is InChI=1S/C17H13FN4O3/c18-13-7-5-12(6-8-13)10-21-11-14(9-19-21)20-17(23)15-3-1-2-4-16(15)22(24)25/h1-9,11H,10H2,(H,20,23). The van der Waals surface area contributed by atoms with Crippen LogP contribution in [0.1, 0.15) is 15.9 Å². The largest absolute Gasteiger partial charge is 0.319 e. The number of nitro benzene ring substituents is 1.